The number of hydrogen-bond acceptors (Lipinski definition) is 7. The predicted molar refractivity (Wildman–Crippen MR) is 104 cm³/mol. The third-order valence-corrected chi connectivity index (χ3v) is 5.41. The molecule has 0 saturated carbocycles. The van der Waals surface area contributed by atoms with Crippen molar-refractivity contribution >= 4 is 22.8 Å². The number of rotatable bonds is 4. The number of carbonyl (C=O) groups is 1. The predicted octanol–water partition coefficient (Wildman–Crippen LogP) is 2.14. The van der Waals surface area contributed by atoms with E-state index in [1.54, 1.807) is 16.9 Å². The summed E-state index contributed by atoms with van der Waals surface area (Å²) in [6, 6.07) is 1.77. The summed E-state index contributed by atoms with van der Waals surface area (Å²) in [6.45, 7) is 8.64. The molecule has 1 aliphatic heterocycles. The molecule has 0 spiro atoms. The molecule has 3 aromatic heterocycles. The quantitative estimate of drug-likeness (QED) is 0.681. The van der Waals surface area contributed by atoms with E-state index in [-0.39, 0.29) is 11.8 Å². The molecule has 4 rings (SSSR count). The number of carbonyl (C=O) groups excluding carboxylic acids is 1. The largest absolute Gasteiger partial charge is 0.352 e. The van der Waals surface area contributed by atoms with Gasteiger partial charge in [0.15, 0.2) is 5.65 Å². The van der Waals surface area contributed by atoms with Gasteiger partial charge < -0.3 is 14.3 Å². The van der Waals surface area contributed by atoms with E-state index in [1.807, 2.05) is 18.9 Å². The lowest BCUT2D eigenvalue weighted by molar-refractivity contribution is 0.0704. The van der Waals surface area contributed by atoms with E-state index in [4.69, 9.17) is 4.52 Å². The van der Waals surface area contributed by atoms with Gasteiger partial charge >= 0.3 is 0 Å². The molecule has 1 aliphatic rings. The Labute approximate surface area is 163 Å². The monoisotopic (exact) mass is 383 g/mol. The molecule has 1 fully saturated rings. The van der Waals surface area contributed by atoms with Crippen molar-refractivity contribution in [1.82, 2.24) is 29.8 Å². The zero-order chi connectivity index (χ0) is 19.8. The first-order valence-corrected chi connectivity index (χ1v) is 9.65. The molecular formula is C19H25N7O2. The van der Waals surface area contributed by atoms with E-state index in [0.29, 0.717) is 37.8 Å². The van der Waals surface area contributed by atoms with Crippen LogP contribution < -0.4 is 4.90 Å². The van der Waals surface area contributed by atoms with Crippen molar-refractivity contribution < 1.29 is 9.32 Å². The third-order valence-electron chi connectivity index (χ3n) is 5.41. The van der Waals surface area contributed by atoms with E-state index in [2.05, 4.69) is 39.0 Å². The second-order valence-corrected chi connectivity index (χ2v) is 7.30. The molecule has 0 aromatic carbocycles. The van der Waals surface area contributed by atoms with Gasteiger partial charge in [-0.1, -0.05) is 19.0 Å². The van der Waals surface area contributed by atoms with Crippen LogP contribution in [0.5, 0.6) is 0 Å². The molecule has 1 saturated heterocycles. The first-order chi connectivity index (χ1) is 13.5. The van der Waals surface area contributed by atoms with E-state index < -0.39 is 0 Å². The van der Waals surface area contributed by atoms with Gasteiger partial charge in [0, 0.05) is 45.2 Å². The molecule has 9 nitrogen and oxygen atoms in total. The van der Waals surface area contributed by atoms with Gasteiger partial charge in [-0.3, -0.25) is 9.48 Å². The highest BCUT2D eigenvalue weighted by Crippen LogP contribution is 2.25. The van der Waals surface area contributed by atoms with Crippen molar-refractivity contribution in [2.75, 3.05) is 31.1 Å². The van der Waals surface area contributed by atoms with E-state index in [9.17, 15) is 4.79 Å². The number of aromatic nitrogens is 5. The van der Waals surface area contributed by atoms with Crippen LogP contribution in [0, 0.1) is 6.92 Å². The lowest BCUT2D eigenvalue weighted by Gasteiger charge is -2.35. The number of amides is 1. The van der Waals surface area contributed by atoms with Gasteiger partial charge in [-0.2, -0.15) is 5.10 Å². The Morgan fingerprint density at radius 3 is 2.71 bits per heavy atom. The fraction of sp³-hybridized carbons (Fsp3) is 0.526. The van der Waals surface area contributed by atoms with Crippen molar-refractivity contribution in [2.24, 2.45) is 7.05 Å². The maximum Gasteiger partial charge on any atom is 0.292 e. The number of piperazine rings is 1. The Balaban J connectivity index is 1.48. The van der Waals surface area contributed by atoms with E-state index in [0.717, 1.165) is 29.0 Å². The van der Waals surface area contributed by atoms with E-state index >= 15 is 0 Å². The molecule has 0 radical (unpaired) electrons. The van der Waals surface area contributed by atoms with Gasteiger partial charge in [0.05, 0.1) is 17.3 Å². The second-order valence-electron chi connectivity index (χ2n) is 7.30. The molecule has 1 atom stereocenters. The SMILES string of the molecule is CCC(C)c1cc(C(=O)N2CCN(c3nc(C)nc4c3cnn4C)CC2)on1. The maximum atomic E-state index is 12.8. The average Bonchev–Trinajstić information content (AvgIpc) is 3.34. The Morgan fingerprint density at radius 2 is 2.00 bits per heavy atom. The number of fused-ring (bicyclic) bond motifs is 1. The Kier molecular flexibility index (Phi) is 4.74. The van der Waals surface area contributed by atoms with E-state index in [1.165, 1.54) is 0 Å². The van der Waals surface area contributed by atoms with Crippen LogP contribution in [0.15, 0.2) is 16.8 Å². The lowest BCUT2D eigenvalue weighted by Crippen LogP contribution is -2.49. The second kappa shape index (κ2) is 7.21. The van der Waals surface area contributed by atoms with Gasteiger partial charge in [-0.25, -0.2) is 9.97 Å². The summed E-state index contributed by atoms with van der Waals surface area (Å²) in [6.07, 6.45) is 2.76. The van der Waals surface area contributed by atoms with Crippen LogP contribution in [0.2, 0.25) is 0 Å². The van der Waals surface area contributed by atoms with Crippen molar-refractivity contribution in [1.29, 1.82) is 0 Å². The summed E-state index contributed by atoms with van der Waals surface area (Å²) >= 11 is 0. The fourth-order valence-corrected chi connectivity index (χ4v) is 3.46. The lowest BCUT2D eigenvalue weighted by atomic mass is 10.1. The summed E-state index contributed by atoms with van der Waals surface area (Å²) in [7, 11) is 1.88. The standard InChI is InChI=1S/C19H25N7O2/c1-5-12(2)15-10-16(28-23-15)19(27)26-8-6-25(7-9-26)18-14-11-20-24(4)17(14)21-13(3)22-18/h10-12H,5-9H2,1-4H3. The number of nitrogens with zero attached hydrogens (tertiary/aromatic N) is 7. The normalized spacial score (nSPS) is 16.0. The molecule has 28 heavy (non-hydrogen) atoms. The molecule has 148 valence electrons. The minimum Gasteiger partial charge on any atom is -0.352 e. The van der Waals surface area contributed by atoms with Gasteiger partial charge in [0.1, 0.15) is 11.6 Å². The van der Waals surface area contributed by atoms with Crippen LogP contribution in [0.1, 0.15) is 48.3 Å². The minimum absolute atomic E-state index is 0.105. The highest BCUT2D eigenvalue weighted by Gasteiger charge is 2.27. The summed E-state index contributed by atoms with van der Waals surface area (Å²) in [4.78, 5) is 25.9. The van der Waals surface area contributed by atoms with Gasteiger partial charge in [0.2, 0.25) is 5.76 Å². The third kappa shape index (κ3) is 3.21. The Hall–Kier alpha value is -2.97. The molecule has 0 aliphatic carbocycles. The topological polar surface area (TPSA) is 93.2 Å². The van der Waals surface area contributed by atoms with Crippen LogP contribution in [-0.2, 0) is 7.05 Å². The molecule has 0 N–H and O–H groups in total. The Bertz CT molecular complexity index is 1000. The summed E-state index contributed by atoms with van der Waals surface area (Å²) in [5.41, 5.74) is 1.65. The summed E-state index contributed by atoms with van der Waals surface area (Å²) < 4.78 is 7.06. The molecule has 3 aromatic rings. The fourth-order valence-electron chi connectivity index (χ4n) is 3.46. The molecule has 1 unspecified atom stereocenters. The average molecular weight is 383 g/mol. The first kappa shape index (κ1) is 18.4. The zero-order valence-electron chi connectivity index (χ0n) is 16.7. The molecule has 0 bridgehead atoms. The molecule has 9 heteroatoms. The number of aryl methyl sites for hydroxylation is 2. The van der Waals surface area contributed by atoms with Crippen LogP contribution in [0.4, 0.5) is 5.82 Å². The number of hydrogen-bond donors (Lipinski definition) is 0. The van der Waals surface area contributed by atoms with Gasteiger partial charge in [-0.15, -0.1) is 0 Å². The highest BCUT2D eigenvalue weighted by atomic mass is 16.5. The summed E-state index contributed by atoms with van der Waals surface area (Å²) in [5, 5.41) is 9.29. The van der Waals surface area contributed by atoms with Gasteiger partial charge in [-0.05, 0) is 13.3 Å². The first-order valence-electron chi connectivity index (χ1n) is 9.65. The van der Waals surface area contributed by atoms with Crippen LogP contribution in [0.3, 0.4) is 0 Å². The van der Waals surface area contributed by atoms with Crippen molar-refractivity contribution in [3.05, 3.63) is 29.5 Å². The molecule has 1 amide bonds. The van der Waals surface area contributed by atoms with Crippen molar-refractivity contribution in [3.63, 3.8) is 0 Å². The van der Waals surface area contributed by atoms with Gasteiger partial charge in [0.25, 0.3) is 5.91 Å². The maximum absolute atomic E-state index is 12.8. The van der Waals surface area contributed by atoms with Crippen LogP contribution in [0.25, 0.3) is 11.0 Å². The van der Waals surface area contributed by atoms with Crippen LogP contribution >= 0.6 is 0 Å². The Morgan fingerprint density at radius 1 is 1.25 bits per heavy atom. The zero-order valence-corrected chi connectivity index (χ0v) is 16.7. The molecule has 4 heterocycles. The highest BCUT2D eigenvalue weighted by molar-refractivity contribution is 5.92. The smallest absolute Gasteiger partial charge is 0.292 e. The summed E-state index contributed by atoms with van der Waals surface area (Å²) in [5.74, 6) is 2.08. The number of anilines is 1. The van der Waals surface area contributed by atoms with Crippen molar-refractivity contribution in [2.45, 2.75) is 33.1 Å². The van der Waals surface area contributed by atoms with Crippen molar-refractivity contribution in [3.8, 4) is 0 Å². The molecular weight excluding hydrogens is 358 g/mol. The minimum atomic E-state index is -0.105. The van der Waals surface area contributed by atoms with Crippen LogP contribution in [-0.4, -0.2) is 61.9 Å².